The van der Waals surface area contributed by atoms with E-state index in [9.17, 15) is 14.9 Å². The molecule has 3 heterocycles. The van der Waals surface area contributed by atoms with Gasteiger partial charge < -0.3 is 4.98 Å². The highest BCUT2D eigenvalue weighted by molar-refractivity contribution is 7.19. The lowest BCUT2D eigenvalue weighted by molar-refractivity contribution is -0.386. The van der Waals surface area contributed by atoms with Crippen molar-refractivity contribution < 1.29 is 4.92 Å². The van der Waals surface area contributed by atoms with Crippen LogP contribution in [-0.2, 0) is 6.54 Å². The van der Waals surface area contributed by atoms with Crippen LogP contribution in [0.2, 0.25) is 0 Å². The molecular formula is C20H19N5O3S. The summed E-state index contributed by atoms with van der Waals surface area (Å²) < 4.78 is 1.50. The molecule has 1 N–H and O–H groups in total. The Morgan fingerprint density at radius 2 is 1.86 bits per heavy atom. The van der Waals surface area contributed by atoms with E-state index in [1.54, 1.807) is 13.8 Å². The van der Waals surface area contributed by atoms with E-state index in [4.69, 9.17) is 0 Å². The Labute approximate surface area is 170 Å². The highest BCUT2D eigenvalue weighted by atomic mass is 32.1. The van der Waals surface area contributed by atoms with Gasteiger partial charge in [0, 0.05) is 10.4 Å². The summed E-state index contributed by atoms with van der Waals surface area (Å²) >= 11 is 1.47. The SMILES string of the molecule is Cc1ccc(-c2c(C)sc3nc(Cn4nc(C)c([N+](=O)[O-])c4C)[nH]c(=O)c23)cc1. The van der Waals surface area contributed by atoms with Gasteiger partial charge in [-0.1, -0.05) is 29.8 Å². The van der Waals surface area contributed by atoms with Crippen LogP contribution in [-0.4, -0.2) is 24.7 Å². The molecule has 4 rings (SSSR count). The van der Waals surface area contributed by atoms with Crippen LogP contribution in [0.3, 0.4) is 0 Å². The monoisotopic (exact) mass is 409 g/mol. The van der Waals surface area contributed by atoms with Gasteiger partial charge in [0.25, 0.3) is 5.56 Å². The molecule has 0 atom stereocenters. The van der Waals surface area contributed by atoms with Crippen LogP contribution >= 0.6 is 11.3 Å². The zero-order valence-corrected chi connectivity index (χ0v) is 17.3. The van der Waals surface area contributed by atoms with Crippen molar-refractivity contribution in [2.24, 2.45) is 0 Å². The molecule has 0 radical (unpaired) electrons. The average Bonchev–Trinajstić information content (AvgIpc) is 3.11. The van der Waals surface area contributed by atoms with E-state index in [1.165, 1.54) is 16.0 Å². The average molecular weight is 409 g/mol. The van der Waals surface area contributed by atoms with E-state index in [-0.39, 0.29) is 17.8 Å². The Morgan fingerprint density at radius 3 is 2.48 bits per heavy atom. The summed E-state index contributed by atoms with van der Waals surface area (Å²) in [6, 6.07) is 8.05. The molecule has 148 valence electrons. The fourth-order valence-corrected chi connectivity index (χ4v) is 4.62. The first-order valence-electron chi connectivity index (χ1n) is 9.04. The van der Waals surface area contributed by atoms with E-state index in [1.807, 2.05) is 38.1 Å². The Bertz CT molecular complexity index is 1310. The summed E-state index contributed by atoms with van der Waals surface area (Å²) in [4.78, 5) is 32.8. The van der Waals surface area contributed by atoms with Crippen molar-refractivity contribution in [3.8, 4) is 11.1 Å². The van der Waals surface area contributed by atoms with Gasteiger partial charge in [0.05, 0.1) is 16.9 Å². The van der Waals surface area contributed by atoms with Gasteiger partial charge >= 0.3 is 5.69 Å². The van der Waals surface area contributed by atoms with Crippen LogP contribution in [0.4, 0.5) is 5.69 Å². The number of hydrogen-bond donors (Lipinski definition) is 1. The molecule has 3 aromatic heterocycles. The molecule has 8 nitrogen and oxygen atoms in total. The van der Waals surface area contributed by atoms with Gasteiger partial charge in [0.15, 0.2) is 0 Å². The standard InChI is InChI=1S/C20H19N5O3S/c1-10-5-7-14(8-6-10)16-13(4)29-20-17(16)19(26)21-15(22-20)9-24-12(3)18(25(27)28)11(2)23-24/h5-8H,9H2,1-4H3,(H,21,22,26). The first kappa shape index (κ1) is 19.0. The number of rotatable bonds is 4. The maximum atomic E-state index is 12.9. The smallest absolute Gasteiger partial charge is 0.308 e. The maximum Gasteiger partial charge on any atom is 0.312 e. The van der Waals surface area contributed by atoms with Crippen molar-refractivity contribution in [2.45, 2.75) is 34.2 Å². The summed E-state index contributed by atoms with van der Waals surface area (Å²) in [6.45, 7) is 7.39. The topological polar surface area (TPSA) is 107 Å². The highest BCUT2D eigenvalue weighted by Gasteiger charge is 2.23. The fourth-order valence-electron chi connectivity index (χ4n) is 3.55. The Balaban J connectivity index is 1.80. The first-order valence-corrected chi connectivity index (χ1v) is 9.85. The molecule has 0 fully saturated rings. The van der Waals surface area contributed by atoms with Crippen LogP contribution in [0.1, 0.15) is 27.7 Å². The minimum atomic E-state index is -0.440. The molecule has 9 heteroatoms. The number of thiophene rings is 1. The zero-order valence-electron chi connectivity index (χ0n) is 16.4. The minimum Gasteiger partial charge on any atom is -0.308 e. The summed E-state index contributed by atoms with van der Waals surface area (Å²) in [5, 5.41) is 16.0. The second-order valence-corrected chi connectivity index (χ2v) is 8.23. The quantitative estimate of drug-likeness (QED) is 0.404. The lowest BCUT2D eigenvalue weighted by atomic mass is 10.0. The molecule has 0 spiro atoms. The second kappa shape index (κ2) is 6.93. The van der Waals surface area contributed by atoms with Gasteiger partial charge in [-0.05, 0) is 33.3 Å². The number of hydrogen-bond acceptors (Lipinski definition) is 6. The van der Waals surface area contributed by atoms with Gasteiger partial charge in [-0.15, -0.1) is 11.3 Å². The molecule has 1 aromatic carbocycles. The van der Waals surface area contributed by atoms with Crippen LogP contribution in [0, 0.1) is 37.8 Å². The molecule has 0 bridgehead atoms. The Morgan fingerprint density at radius 1 is 1.17 bits per heavy atom. The summed E-state index contributed by atoms with van der Waals surface area (Å²) in [5.74, 6) is 0.416. The number of nitrogens with zero attached hydrogens (tertiary/aromatic N) is 4. The largest absolute Gasteiger partial charge is 0.312 e. The van der Waals surface area contributed by atoms with Crippen molar-refractivity contribution >= 4 is 27.2 Å². The van der Waals surface area contributed by atoms with Gasteiger partial charge in [-0.3, -0.25) is 19.6 Å². The summed E-state index contributed by atoms with van der Waals surface area (Å²) in [7, 11) is 0. The molecule has 0 amide bonds. The van der Waals surface area contributed by atoms with Crippen molar-refractivity contribution in [3.63, 3.8) is 0 Å². The van der Waals surface area contributed by atoms with Crippen LogP contribution < -0.4 is 5.56 Å². The number of H-pyrrole nitrogens is 1. The summed E-state index contributed by atoms with van der Waals surface area (Å²) in [6.07, 6.45) is 0. The van der Waals surface area contributed by atoms with E-state index in [0.29, 0.717) is 27.4 Å². The van der Waals surface area contributed by atoms with Crippen molar-refractivity contribution in [1.82, 2.24) is 19.7 Å². The molecular weight excluding hydrogens is 390 g/mol. The molecule has 0 aliphatic heterocycles. The molecule has 0 aliphatic rings. The van der Waals surface area contributed by atoms with Gasteiger partial charge in [0.2, 0.25) is 0 Å². The fraction of sp³-hybridized carbons (Fsp3) is 0.250. The lowest BCUT2D eigenvalue weighted by Crippen LogP contribution is -2.15. The van der Waals surface area contributed by atoms with E-state index >= 15 is 0 Å². The van der Waals surface area contributed by atoms with E-state index < -0.39 is 4.92 Å². The molecule has 0 saturated carbocycles. The Hall–Kier alpha value is -3.33. The van der Waals surface area contributed by atoms with Gasteiger partial charge in [0.1, 0.15) is 22.0 Å². The number of nitrogens with one attached hydrogen (secondary N) is 1. The maximum absolute atomic E-state index is 12.9. The number of aromatic amines is 1. The third kappa shape index (κ3) is 3.23. The first-order chi connectivity index (χ1) is 13.8. The highest BCUT2D eigenvalue weighted by Crippen LogP contribution is 2.35. The number of benzene rings is 1. The predicted octanol–water partition coefficient (Wildman–Crippen LogP) is 4.04. The lowest BCUT2D eigenvalue weighted by Gasteiger charge is -2.05. The van der Waals surface area contributed by atoms with Crippen molar-refractivity contribution in [2.75, 3.05) is 0 Å². The van der Waals surface area contributed by atoms with Crippen LogP contribution in [0.5, 0.6) is 0 Å². The third-order valence-corrected chi connectivity index (χ3v) is 5.95. The number of nitro groups is 1. The molecule has 0 aliphatic carbocycles. The predicted molar refractivity (Wildman–Crippen MR) is 113 cm³/mol. The van der Waals surface area contributed by atoms with E-state index in [2.05, 4.69) is 15.1 Å². The normalized spacial score (nSPS) is 11.3. The van der Waals surface area contributed by atoms with Gasteiger partial charge in [-0.25, -0.2) is 4.98 Å². The molecule has 4 aromatic rings. The molecule has 0 saturated heterocycles. The van der Waals surface area contributed by atoms with Crippen LogP contribution in [0.15, 0.2) is 29.1 Å². The number of aryl methyl sites for hydroxylation is 3. The molecule has 0 unspecified atom stereocenters. The number of aromatic nitrogens is 4. The zero-order chi connectivity index (χ0) is 20.9. The second-order valence-electron chi connectivity index (χ2n) is 7.03. The van der Waals surface area contributed by atoms with Crippen molar-refractivity contribution in [3.05, 3.63) is 72.4 Å². The number of fused-ring (bicyclic) bond motifs is 1. The Kier molecular flexibility index (Phi) is 4.54. The van der Waals surface area contributed by atoms with Crippen LogP contribution in [0.25, 0.3) is 21.3 Å². The van der Waals surface area contributed by atoms with E-state index in [0.717, 1.165) is 21.6 Å². The van der Waals surface area contributed by atoms with Crippen molar-refractivity contribution in [1.29, 1.82) is 0 Å². The minimum absolute atomic E-state index is 0.0120. The third-order valence-electron chi connectivity index (χ3n) is 4.95. The van der Waals surface area contributed by atoms with Gasteiger partial charge in [-0.2, -0.15) is 5.10 Å². The molecule has 29 heavy (non-hydrogen) atoms. The summed E-state index contributed by atoms with van der Waals surface area (Å²) in [5.41, 5.74) is 3.56.